The van der Waals surface area contributed by atoms with Crippen LogP contribution < -0.4 is 0 Å². The fourth-order valence-corrected chi connectivity index (χ4v) is 1.52. The minimum atomic E-state index is -0.750. The largest absolute Gasteiger partial charge is 0.481 e. The van der Waals surface area contributed by atoms with E-state index in [-0.39, 0.29) is 5.54 Å². The highest BCUT2D eigenvalue weighted by atomic mass is 16.4. The van der Waals surface area contributed by atoms with Crippen LogP contribution in [0.3, 0.4) is 0 Å². The third-order valence-corrected chi connectivity index (χ3v) is 2.86. The molecule has 0 unspecified atom stereocenters. The van der Waals surface area contributed by atoms with Gasteiger partial charge < -0.3 is 5.11 Å². The highest BCUT2D eigenvalue weighted by Crippen LogP contribution is 2.48. The Bertz CT molecular complexity index is 415. The molecule has 0 saturated heterocycles. The summed E-state index contributed by atoms with van der Waals surface area (Å²) < 4.78 is 0. The van der Waals surface area contributed by atoms with Gasteiger partial charge in [0, 0.05) is 6.42 Å². The molecule has 88 valence electrons. The predicted octanol–water partition coefficient (Wildman–Crippen LogP) is 0.835. The van der Waals surface area contributed by atoms with Gasteiger partial charge in [0.15, 0.2) is 5.82 Å². The van der Waals surface area contributed by atoms with Gasteiger partial charge in [0.2, 0.25) is 0 Å². The Balaban J connectivity index is 2.12. The van der Waals surface area contributed by atoms with E-state index in [0.29, 0.717) is 25.1 Å². The lowest BCUT2D eigenvalue weighted by Crippen LogP contribution is -2.25. The number of tetrazole rings is 1. The second kappa shape index (κ2) is 3.26. The van der Waals surface area contributed by atoms with Gasteiger partial charge in [0.1, 0.15) is 0 Å². The summed E-state index contributed by atoms with van der Waals surface area (Å²) in [5.41, 5.74) is -0.836. The first-order valence-corrected chi connectivity index (χ1v) is 5.36. The fourth-order valence-electron chi connectivity index (χ4n) is 1.52. The zero-order valence-corrected chi connectivity index (χ0v) is 9.77. The van der Waals surface area contributed by atoms with Crippen molar-refractivity contribution >= 4 is 5.97 Å². The Hall–Kier alpha value is -1.46. The van der Waals surface area contributed by atoms with Crippen LogP contribution in [0.15, 0.2) is 0 Å². The molecule has 1 aliphatic carbocycles. The van der Waals surface area contributed by atoms with Gasteiger partial charge in [-0.25, -0.2) is 0 Å². The van der Waals surface area contributed by atoms with E-state index in [2.05, 4.69) is 15.4 Å². The second-order valence-corrected chi connectivity index (χ2v) is 5.43. The predicted molar refractivity (Wildman–Crippen MR) is 55.8 cm³/mol. The lowest BCUT2D eigenvalue weighted by Gasteiger charge is -2.15. The van der Waals surface area contributed by atoms with Crippen LogP contribution >= 0.6 is 0 Å². The molecule has 1 fully saturated rings. The molecule has 0 amide bonds. The molecule has 1 N–H and O–H groups in total. The summed E-state index contributed by atoms with van der Waals surface area (Å²) in [6.45, 7) is 5.92. The molecule has 0 bridgehead atoms. The number of hydrogen-bond acceptors (Lipinski definition) is 4. The molecule has 0 aliphatic heterocycles. The minimum absolute atomic E-state index is 0.217. The van der Waals surface area contributed by atoms with E-state index < -0.39 is 11.4 Å². The summed E-state index contributed by atoms with van der Waals surface area (Å²) >= 11 is 0. The van der Waals surface area contributed by atoms with Crippen molar-refractivity contribution in [2.45, 2.75) is 45.6 Å². The summed E-state index contributed by atoms with van der Waals surface area (Å²) in [6.07, 6.45) is 1.82. The molecule has 2 rings (SSSR count). The lowest BCUT2D eigenvalue weighted by atomic mass is 10.0. The van der Waals surface area contributed by atoms with Crippen molar-refractivity contribution in [3.63, 3.8) is 0 Å². The van der Waals surface area contributed by atoms with Gasteiger partial charge in [-0.3, -0.25) is 4.79 Å². The molecule has 16 heavy (non-hydrogen) atoms. The summed E-state index contributed by atoms with van der Waals surface area (Å²) in [6, 6.07) is 0. The highest BCUT2D eigenvalue weighted by molar-refractivity contribution is 5.78. The van der Waals surface area contributed by atoms with Gasteiger partial charge in [-0.05, 0) is 38.8 Å². The number of aliphatic carboxylic acids is 1. The van der Waals surface area contributed by atoms with Gasteiger partial charge >= 0.3 is 5.97 Å². The molecule has 0 atom stereocenters. The average Bonchev–Trinajstić information content (AvgIpc) is 2.74. The molecule has 1 saturated carbocycles. The van der Waals surface area contributed by atoms with Crippen LogP contribution in [0.5, 0.6) is 0 Å². The second-order valence-electron chi connectivity index (χ2n) is 5.43. The van der Waals surface area contributed by atoms with Crippen LogP contribution in [0.25, 0.3) is 0 Å². The van der Waals surface area contributed by atoms with Crippen molar-refractivity contribution in [3.05, 3.63) is 5.82 Å². The Morgan fingerprint density at radius 1 is 1.50 bits per heavy atom. The SMILES string of the molecule is CC(C)(C)n1nnc(CC2(C(=O)O)CC2)n1. The first-order valence-electron chi connectivity index (χ1n) is 5.36. The van der Waals surface area contributed by atoms with E-state index in [1.54, 1.807) is 0 Å². The minimum Gasteiger partial charge on any atom is -0.481 e. The van der Waals surface area contributed by atoms with Crippen molar-refractivity contribution in [1.82, 2.24) is 20.2 Å². The maximum atomic E-state index is 11.0. The normalized spacial score (nSPS) is 18.4. The van der Waals surface area contributed by atoms with Crippen molar-refractivity contribution in [2.24, 2.45) is 5.41 Å². The number of carbonyl (C=O) groups is 1. The van der Waals surface area contributed by atoms with Gasteiger partial charge in [-0.15, -0.1) is 10.2 Å². The molecule has 0 spiro atoms. The van der Waals surface area contributed by atoms with E-state index in [1.807, 2.05) is 20.8 Å². The maximum Gasteiger partial charge on any atom is 0.310 e. The van der Waals surface area contributed by atoms with Crippen LogP contribution in [0, 0.1) is 5.41 Å². The van der Waals surface area contributed by atoms with Crippen molar-refractivity contribution in [1.29, 1.82) is 0 Å². The van der Waals surface area contributed by atoms with Crippen LogP contribution in [0.2, 0.25) is 0 Å². The summed E-state index contributed by atoms with van der Waals surface area (Å²) in [4.78, 5) is 12.5. The average molecular weight is 224 g/mol. The molecule has 0 radical (unpaired) electrons. The molecule has 6 heteroatoms. The lowest BCUT2D eigenvalue weighted by molar-refractivity contribution is -0.143. The quantitative estimate of drug-likeness (QED) is 0.822. The topological polar surface area (TPSA) is 80.9 Å². The number of rotatable bonds is 3. The Morgan fingerprint density at radius 2 is 2.12 bits per heavy atom. The molecule has 1 aromatic heterocycles. The third kappa shape index (κ3) is 1.91. The van der Waals surface area contributed by atoms with Crippen LogP contribution in [0.4, 0.5) is 0 Å². The maximum absolute atomic E-state index is 11.0. The van der Waals surface area contributed by atoms with Crippen LogP contribution in [0.1, 0.15) is 39.4 Å². The number of carboxylic acid groups (broad SMARTS) is 1. The van der Waals surface area contributed by atoms with Crippen molar-refractivity contribution in [2.75, 3.05) is 0 Å². The summed E-state index contributed by atoms with van der Waals surface area (Å²) in [5, 5.41) is 21.1. The van der Waals surface area contributed by atoms with E-state index in [9.17, 15) is 4.79 Å². The number of carboxylic acids is 1. The van der Waals surface area contributed by atoms with Crippen LogP contribution in [-0.4, -0.2) is 31.3 Å². The summed E-state index contributed by atoms with van der Waals surface area (Å²) in [5.74, 6) is -0.227. The zero-order valence-electron chi connectivity index (χ0n) is 9.77. The van der Waals surface area contributed by atoms with Gasteiger partial charge in [0.25, 0.3) is 0 Å². The van der Waals surface area contributed by atoms with E-state index in [1.165, 1.54) is 4.80 Å². The van der Waals surface area contributed by atoms with Crippen molar-refractivity contribution < 1.29 is 9.90 Å². The number of hydrogen-bond donors (Lipinski definition) is 1. The van der Waals surface area contributed by atoms with Gasteiger partial charge in [-0.1, -0.05) is 0 Å². The third-order valence-electron chi connectivity index (χ3n) is 2.86. The standard InChI is InChI=1S/C10H16N4O2/c1-9(2,3)14-12-7(11-13-14)6-10(4-5-10)8(15)16/h4-6H2,1-3H3,(H,15,16). The molecule has 1 aliphatic rings. The molecule has 1 aromatic rings. The number of aromatic nitrogens is 4. The zero-order chi connectivity index (χ0) is 12.0. The molecule has 6 nitrogen and oxygen atoms in total. The van der Waals surface area contributed by atoms with Gasteiger partial charge in [-0.2, -0.15) is 4.80 Å². The van der Waals surface area contributed by atoms with E-state index in [0.717, 1.165) is 0 Å². The molecule has 1 heterocycles. The number of nitrogens with zero attached hydrogens (tertiary/aromatic N) is 4. The van der Waals surface area contributed by atoms with Crippen LogP contribution in [-0.2, 0) is 16.8 Å². The monoisotopic (exact) mass is 224 g/mol. The highest BCUT2D eigenvalue weighted by Gasteiger charge is 2.51. The molecule has 0 aromatic carbocycles. The fraction of sp³-hybridized carbons (Fsp3) is 0.800. The van der Waals surface area contributed by atoms with Gasteiger partial charge in [0.05, 0.1) is 11.0 Å². The summed E-state index contributed by atoms with van der Waals surface area (Å²) in [7, 11) is 0. The Morgan fingerprint density at radius 3 is 2.50 bits per heavy atom. The molecular weight excluding hydrogens is 208 g/mol. The Labute approximate surface area is 93.6 Å². The molecular formula is C10H16N4O2. The smallest absolute Gasteiger partial charge is 0.310 e. The van der Waals surface area contributed by atoms with E-state index in [4.69, 9.17) is 5.11 Å². The van der Waals surface area contributed by atoms with Crippen molar-refractivity contribution in [3.8, 4) is 0 Å². The first-order chi connectivity index (χ1) is 7.33. The Kier molecular flexibility index (Phi) is 2.25. The van der Waals surface area contributed by atoms with E-state index >= 15 is 0 Å². The first kappa shape index (κ1) is 11.0.